The minimum atomic E-state index is -0.239. The van der Waals surface area contributed by atoms with Gasteiger partial charge in [-0.2, -0.15) is 0 Å². The van der Waals surface area contributed by atoms with Gasteiger partial charge in [-0.25, -0.2) is 4.98 Å². The van der Waals surface area contributed by atoms with Crippen molar-refractivity contribution in [3.63, 3.8) is 0 Å². The molecule has 1 N–H and O–H groups in total. The molecule has 1 amide bonds. The highest BCUT2D eigenvalue weighted by atomic mass is 32.1. The lowest BCUT2D eigenvalue weighted by atomic mass is 10.2. The van der Waals surface area contributed by atoms with Gasteiger partial charge in [0.1, 0.15) is 17.1 Å². The Hall–Kier alpha value is -2.41. The van der Waals surface area contributed by atoms with Gasteiger partial charge in [0.2, 0.25) is 5.91 Å². The molecule has 3 aromatic rings. The average Bonchev–Trinajstić information content (AvgIpc) is 3.23. The second-order valence-electron chi connectivity index (χ2n) is 5.57. The van der Waals surface area contributed by atoms with Crippen molar-refractivity contribution in [2.24, 2.45) is 0 Å². The van der Waals surface area contributed by atoms with Crippen molar-refractivity contribution in [1.29, 1.82) is 0 Å². The molecule has 23 heavy (non-hydrogen) atoms. The number of furan rings is 1. The Kier molecular flexibility index (Phi) is 3.49. The highest BCUT2D eigenvalue weighted by Gasteiger charge is 2.21. The highest BCUT2D eigenvalue weighted by Crippen LogP contribution is 2.34. The molecule has 6 nitrogen and oxygen atoms in total. The van der Waals surface area contributed by atoms with E-state index in [-0.39, 0.29) is 18.0 Å². The van der Waals surface area contributed by atoms with E-state index < -0.39 is 0 Å². The summed E-state index contributed by atoms with van der Waals surface area (Å²) in [5.41, 5.74) is 1.01. The second kappa shape index (κ2) is 5.66. The van der Waals surface area contributed by atoms with Crippen LogP contribution in [0.2, 0.25) is 0 Å². The van der Waals surface area contributed by atoms with Gasteiger partial charge in [-0.3, -0.25) is 14.2 Å². The normalized spacial score (nSPS) is 13.4. The summed E-state index contributed by atoms with van der Waals surface area (Å²) >= 11 is 1.60. The Morgan fingerprint density at radius 1 is 1.43 bits per heavy atom. The molecule has 0 aromatic carbocycles. The minimum absolute atomic E-state index is 0.0346. The van der Waals surface area contributed by atoms with Crippen LogP contribution in [-0.2, 0) is 30.7 Å². The predicted octanol–water partition coefficient (Wildman–Crippen LogP) is 1.86. The summed E-state index contributed by atoms with van der Waals surface area (Å²) in [4.78, 5) is 31.1. The third kappa shape index (κ3) is 2.57. The molecule has 0 fully saturated rings. The molecular weight excluding hydrogens is 314 g/mol. The summed E-state index contributed by atoms with van der Waals surface area (Å²) < 4.78 is 6.54. The van der Waals surface area contributed by atoms with Crippen molar-refractivity contribution in [1.82, 2.24) is 14.9 Å². The van der Waals surface area contributed by atoms with Crippen molar-refractivity contribution in [2.45, 2.75) is 32.4 Å². The lowest BCUT2D eigenvalue weighted by Gasteiger charge is -2.06. The van der Waals surface area contributed by atoms with E-state index >= 15 is 0 Å². The van der Waals surface area contributed by atoms with E-state index in [0.29, 0.717) is 17.7 Å². The monoisotopic (exact) mass is 329 g/mol. The zero-order chi connectivity index (χ0) is 15.8. The maximum Gasteiger partial charge on any atom is 0.262 e. The topological polar surface area (TPSA) is 77.1 Å². The van der Waals surface area contributed by atoms with Crippen molar-refractivity contribution < 1.29 is 9.21 Å². The SMILES string of the molecule is O=C(Cn1cnc2sc3c(c2c1=O)CCC3)NCc1ccco1. The molecule has 7 heteroatoms. The first-order valence-electron chi connectivity index (χ1n) is 7.51. The van der Waals surface area contributed by atoms with E-state index in [1.54, 1.807) is 29.7 Å². The molecule has 118 valence electrons. The Labute approximate surface area is 135 Å². The number of aromatic nitrogens is 2. The fourth-order valence-electron chi connectivity index (χ4n) is 2.94. The van der Waals surface area contributed by atoms with Crippen LogP contribution in [0.5, 0.6) is 0 Å². The zero-order valence-electron chi connectivity index (χ0n) is 12.4. The Morgan fingerprint density at radius 2 is 2.35 bits per heavy atom. The lowest BCUT2D eigenvalue weighted by molar-refractivity contribution is -0.121. The smallest absolute Gasteiger partial charge is 0.262 e. The minimum Gasteiger partial charge on any atom is -0.467 e. The Morgan fingerprint density at radius 3 is 3.17 bits per heavy atom. The van der Waals surface area contributed by atoms with E-state index in [0.717, 1.165) is 29.7 Å². The summed E-state index contributed by atoms with van der Waals surface area (Å²) in [5.74, 6) is 0.437. The largest absolute Gasteiger partial charge is 0.467 e. The number of nitrogens with one attached hydrogen (secondary N) is 1. The molecular formula is C16H15N3O3S. The number of thiophene rings is 1. The average molecular weight is 329 g/mol. The molecule has 0 radical (unpaired) electrons. The number of hydrogen-bond acceptors (Lipinski definition) is 5. The second-order valence-corrected chi connectivity index (χ2v) is 6.65. The molecule has 4 rings (SSSR count). The van der Waals surface area contributed by atoms with Gasteiger partial charge < -0.3 is 9.73 Å². The van der Waals surface area contributed by atoms with Crippen molar-refractivity contribution in [3.8, 4) is 0 Å². The van der Waals surface area contributed by atoms with Crippen molar-refractivity contribution in [3.05, 3.63) is 51.3 Å². The number of amides is 1. The maximum absolute atomic E-state index is 12.6. The van der Waals surface area contributed by atoms with Crippen LogP contribution in [0, 0.1) is 0 Å². The van der Waals surface area contributed by atoms with E-state index in [4.69, 9.17) is 4.42 Å². The van der Waals surface area contributed by atoms with Crippen LogP contribution in [0.15, 0.2) is 33.9 Å². The molecule has 3 aromatic heterocycles. The van der Waals surface area contributed by atoms with Crippen LogP contribution in [0.25, 0.3) is 10.2 Å². The summed E-state index contributed by atoms with van der Waals surface area (Å²) in [6.07, 6.45) is 6.07. The van der Waals surface area contributed by atoms with E-state index in [9.17, 15) is 9.59 Å². The van der Waals surface area contributed by atoms with Gasteiger partial charge in [-0.05, 0) is 37.0 Å². The number of fused-ring (bicyclic) bond motifs is 3. The number of nitrogens with zero attached hydrogens (tertiary/aromatic N) is 2. The quantitative estimate of drug-likeness (QED) is 0.792. The van der Waals surface area contributed by atoms with E-state index in [1.807, 2.05) is 0 Å². The van der Waals surface area contributed by atoms with Gasteiger partial charge in [0.05, 0.1) is 24.5 Å². The Bertz CT molecular complexity index is 924. The van der Waals surface area contributed by atoms with Gasteiger partial charge in [0, 0.05) is 4.88 Å². The number of hydrogen-bond donors (Lipinski definition) is 1. The standard InChI is InChI=1S/C16H15N3O3S/c20-13(17-7-10-3-2-6-22-10)8-19-9-18-15-14(16(19)21)11-4-1-5-12(11)23-15/h2-3,6,9H,1,4-5,7-8H2,(H,17,20). The van der Waals surface area contributed by atoms with Crippen LogP contribution in [0.4, 0.5) is 0 Å². The number of carbonyl (C=O) groups is 1. The third-order valence-corrected chi connectivity index (χ3v) is 5.25. The van der Waals surface area contributed by atoms with Gasteiger partial charge in [-0.1, -0.05) is 0 Å². The summed E-state index contributed by atoms with van der Waals surface area (Å²) in [5, 5.41) is 3.44. The predicted molar refractivity (Wildman–Crippen MR) is 86.5 cm³/mol. The molecule has 0 atom stereocenters. The number of carbonyl (C=O) groups excluding carboxylic acids is 1. The van der Waals surface area contributed by atoms with Crippen molar-refractivity contribution in [2.75, 3.05) is 0 Å². The van der Waals surface area contributed by atoms with Gasteiger partial charge in [-0.15, -0.1) is 11.3 Å². The van der Waals surface area contributed by atoms with Gasteiger partial charge in [0.25, 0.3) is 5.56 Å². The van der Waals surface area contributed by atoms with Crippen LogP contribution >= 0.6 is 11.3 Å². The molecule has 3 heterocycles. The first kappa shape index (κ1) is 14.2. The third-order valence-electron chi connectivity index (χ3n) is 4.05. The fourth-order valence-corrected chi connectivity index (χ4v) is 4.16. The number of aryl methyl sites for hydroxylation is 2. The fraction of sp³-hybridized carbons (Fsp3) is 0.312. The molecule has 0 bridgehead atoms. The molecule has 0 saturated carbocycles. The van der Waals surface area contributed by atoms with Crippen LogP contribution in [-0.4, -0.2) is 15.5 Å². The lowest BCUT2D eigenvalue weighted by Crippen LogP contribution is -2.32. The molecule has 0 unspecified atom stereocenters. The van der Waals surface area contributed by atoms with Gasteiger partial charge >= 0.3 is 0 Å². The first-order chi connectivity index (χ1) is 11.2. The molecule has 1 aliphatic carbocycles. The maximum atomic E-state index is 12.6. The molecule has 0 aliphatic heterocycles. The van der Waals surface area contributed by atoms with Gasteiger partial charge in [0.15, 0.2) is 0 Å². The van der Waals surface area contributed by atoms with Crippen LogP contribution in [0.3, 0.4) is 0 Å². The van der Waals surface area contributed by atoms with E-state index in [1.165, 1.54) is 15.8 Å². The Balaban J connectivity index is 1.56. The molecule has 1 aliphatic rings. The number of rotatable bonds is 4. The summed E-state index contributed by atoms with van der Waals surface area (Å²) in [6, 6.07) is 3.55. The summed E-state index contributed by atoms with van der Waals surface area (Å²) in [6.45, 7) is 0.275. The first-order valence-corrected chi connectivity index (χ1v) is 8.33. The highest BCUT2D eigenvalue weighted by molar-refractivity contribution is 7.18. The van der Waals surface area contributed by atoms with Crippen molar-refractivity contribution >= 4 is 27.5 Å². The van der Waals surface area contributed by atoms with E-state index in [2.05, 4.69) is 10.3 Å². The summed E-state index contributed by atoms with van der Waals surface area (Å²) in [7, 11) is 0. The van der Waals surface area contributed by atoms with Crippen LogP contribution < -0.4 is 10.9 Å². The molecule has 0 saturated heterocycles. The van der Waals surface area contributed by atoms with Crippen LogP contribution in [0.1, 0.15) is 22.6 Å². The molecule has 0 spiro atoms. The zero-order valence-corrected chi connectivity index (χ0v) is 13.2.